The Morgan fingerprint density at radius 3 is 2.48 bits per heavy atom. The number of amides is 2. The number of piperidine rings is 1. The normalized spacial score (nSPS) is 18.1. The Hall–Kier alpha value is -2.45. The van der Waals surface area contributed by atoms with Crippen LogP contribution in [-0.2, 0) is 4.74 Å². The van der Waals surface area contributed by atoms with Crippen molar-refractivity contribution in [3.63, 3.8) is 0 Å². The van der Waals surface area contributed by atoms with Gasteiger partial charge in [-0.2, -0.15) is 0 Å². The molecule has 0 spiro atoms. The summed E-state index contributed by atoms with van der Waals surface area (Å²) in [6, 6.07) is 3.39. The first-order valence-electron chi connectivity index (χ1n) is 9.78. The van der Waals surface area contributed by atoms with E-state index in [4.69, 9.17) is 20.8 Å². The van der Waals surface area contributed by atoms with Crippen LogP contribution in [0, 0.1) is 6.92 Å². The first-order valence-corrected chi connectivity index (χ1v) is 10.2. The van der Waals surface area contributed by atoms with E-state index in [1.807, 2.05) is 0 Å². The summed E-state index contributed by atoms with van der Waals surface area (Å²) >= 11 is 6.05. The molecule has 0 N–H and O–H groups in total. The highest BCUT2D eigenvalue weighted by Crippen LogP contribution is 2.30. The van der Waals surface area contributed by atoms with Crippen LogP contribution in [0.15, 0.2) is 22.7 Å². The van der Waals surface area contributed by atoms with Gasteiger partial charge in [0.05, 0.1) is 18.8 Å². The fraction of sp³-hybridized carbons (Fsp3) is 0.500. The van der Waals surface area contributed by atoms with E-state index in [1.165, 1.54) is 0 Å². The van der Waals surface area contributed by atoms with Crippen molar-refractivity contribution in [1.82, 2.24) is 19.8 Å². The minimum atomic E-state index is -0.117. The van der Waals surface area contributed by atoms with Gasteiger partial charge in [-0.1, -0.05) is 11.6 Å². The summed E-state index contributed by atoms with van der Waals surface area (Å²) in [4.78, 5) is 37.4. The Balaban J connectivity index is 1.41. The summed E-state index contributed by atoms with van der Waals surface area (Å²) in [6.45, 7) is 5.14. The maximum Gasteiger partial charge on any atom is 0.276 e. The molecule has 9 heteroatoms. The molecule has 2 aliphatic heterocycles. The van der Waals surface area contributed by atoms with Crippen LogP contribution < -0.4 is 0 Å². The SMILES string of the molecule is Cc1oc(C2CCN(C(=O)c3cccnc3Cl)CC2)nc1C(=O)N1CCOCC1. The summed E-state index contributed by atoms with van der Waals surface area (Å²) in [5.74, 6) is 0.962. The number of hydrogen-bond acceptors (Lipinski definition) is 6. The first-order chi connectivity index (χ1) is 14.0. The number of rotatable bonds is 3. The van der Waals surface area contributed by atoms with Gasteiger partial charge in [0.1, 0.15) is 10.9 Å². The van der Waals surface area contributed by atoms with Crippen molar-refractivity contribution in [2.24, 2.45) is 0 Å². The zero-order valence-electron chi connectivity index (χ0n) is 16.3. The molecule has 2 amide bonds. The molecule has 2 aromatic heterocycles. The molecular formula is C20H23ClN4O4. The van der Waals surface area contributed by atoms with Crippen molar-refractivity contribution in [3.8, 4) is 0 Å². The molecule has 154 valence electrons. The van der Waals surface area contributed by atoms with E-state index >= 15 is 0 Å². The minimum absolute atomic E-state index is 0.0772. The first kappa shape index (κ1) is 19.8. The fourth-order valence-electron chi connectivity index (χ4n) is 3.75. The lowest BCUT2D eigenvalue weighted by molar-refractivity contribution is 0.0298. The van der Waals surface area contributed by atoms with Crippen LogP contribution in [0.1, 0.15) is 51.3 Å². The Kier molecular flexibility index (Phi) is 5.82. The Morgan fingerprint density at radius 1 is 1.10 bits per heavy atom. The van der Waals surface area contributed by atoms with Crippen LogP contribution in [0.5, 0.6) is 0 Å². The molecule has 29 heavy (non-hydrogen) atoms. The second kappa shape index (κ2) is 8.51. The topological polar surface area (TPSA) is 88.8 Å². The maximum absolute atomic E-state index is 12.7. The van der Waals surface area contributed by atoms with Crippen LogP contribution in [-0.4, -0.2) is 71.0 Å². The highest BCUT2D eigenvalue weighted by Gasteiger charge is 2.31. The molecule has 0 atom stereocenters. The molecule has 2 saturated heterocycles. The molecule has 0 aliphatic carbocycles. The second-order valence-electron chi connectivity index (χ2n) is 7.27. The molecule has 4 rings (SSSR count). The van der Waals surface area contributed by atoms with Gasteiger partial charge in [0, 0.05) is 38.3 Å². The lowest BCUT2D eigenvalue weighted by Gasteiger charge is -2.30. The minimum Gasteiger partial charge on any atom is -0.445 e. The largest absolute Gasteiger partial charge is 0.445 e. The lowest BCUT2D eigenvalue weighted by Crippen LogP contribution is -2.41. The fourth-order valence-corrected chi connectivity index (χ4v) is 3.95. The van der Waals surface area contributed by atoms with Crippen molar-refractivity contribution < 1.29 is 18.7 Å². The van der Waals surface area contributed by atoms with E-state index in [0.717, 1.165) is 12.8 Å². The van der Waals surface area contributed by atoms with Crippen molar-refractivity contribution >= 4 is 23.4 Å². The van der Waals surface area contributed by atoms with Gasteiger partial charge < -0.3 is 19.0 Å². The summed E-state index contributed by atoms with van der Waals surface area (Å²) in [5.41, 5.74) is 0.792. The van der Waals surface area contributed by atoms with Crippen molar-refractivity contribution in [3.05, 3.63) is 46.4 Å². The van der Waals surface area contributed by atoms with E-state index < -0.39 is 0 Å². The van der Waals surface area contributed by atoms with Crippen LogP contribution >= 0.6 is 11.6 Å². The van der Waals surface area contributed by atoms with E-state index in [0.29, 0.717) is 62.3 Å². The van der Waals surface area contributed by atoms with Crippen LogP contribution in [0.2, 0.25) is 5.15 Å². The lowest BCUT2D eigenvalue weighted by atomic mass is 9.96. The molecular weight excluding hydrogens is 396 g/mol. The third-order valence-corrected chi connectivity index (χ3v) is 5.74. The molecule has 4 heterocycles. The number of morpholine rings is 1. The Labute approximate surface area is 173 Å². The molecule has 2 aromatic rings. The van der Waals surface area contributed by atoms with Crippen LogP contribution in [0.3, 0.4) is 0 Å². The van der Waals surface area contributed by atoms with Gasteiger partial charge in [0.15, 0.2) is 11.6 Å². The number of likely N-dealkylation sites (tertiary alicyclic amines) is 1. The number of pyridine rings is 1. The van der Waals surface area contributed by atoms with E-state index in [2.05, 4.69) is 9.97 Å². The number of nitrogens with zero attached hydrogens (tertiary/aromatic N) is 4. The molecule has 8 nitrogen and oxygen atoms in total. The van der Waals surface area contributed by atoms with Gasteiger partial charge in [-0.15, -0.1) is 0 Å². The number of hydrogen-bond donors (Lipinski definition) is 0. The molecule has 0 aromatic carbocycles. The summed E-state index contributed by atoms with van der Waals surface area (Å²) in [5, 5.41) is 0.217. The van der Waals surface area contributed by atoms with Gasteiger partial charge >= 0.3 is 0 Å². The second-order valence-corrected chi connectivity index (χ2v) is 7.63. The zero-order chi connectivity index (χ0) is 20.4. The smallest absolute Gasteiger partial charge is 0.276 e. The average molecular weight is 419 g/mol. The van der Waals surface area contributed by atoms with E-state index in [-0.39, 0.29) is 22.9 Å². The number of carbonyl (C=O) groups is 2. The van der Waals surface area contributed by atoms with Gasteiger partial charge in [0.25, 0.3) is 11.8 Å². The van der Waals surface area contributed by atoms with Gasteiger partial charge in [-0.05, 0) is 31.9 Å². The van der Waals surface area contributed by atoms with Crippen LogP contribution in [0.4, 0.5) is 0 Å². The number of aryl methyl sites for hydroxylation is 1. The molecule has 0 radical (unpaired) electrons. The Bertz CT molecular complexity index is 902. The maximum atomic E-state index is 12.7. The molecule has 0 bridgehead atoms. The van der Waals surface area contributed by atoms with Gasteiger partial charge in [-0.3, -0.25) is 9.59 Å². The number of carbonyl (C=O) groups excluding carboxylic acids is 2. The van der Waals surface area contributed by atoms with Crippen molar-refractivity contribution in [2.45, 2.75) is 25.7 Å². The molecule has 2 fully saturated rings. The molecule has 0 unspecified atom stereocenters. The van der Waals surface area contributed by atoms with Gasteiger partial charge in [-0.25, -0.2) is 9.97 Å². The zero-order valence-corrected chi connectivity index (χ0v) is 17.0. The van der Waals surface area contributed by atoms with Crippen molar-refractivity contribution in [2.75, 3.05) is 39.4 Å². The third-order valence-electron chi connectivity index (χ3n) is 5.43. The predicted molar refractivity (Wildman–Crippen MR) is 105 cm³/mol. The van der Waals surface area contributed by atoms with Gasteiger partial charge in [0.2, 0.25) is 0 Å². The Morgan fingerprint density at radius 2 is 1.79 bits per heavy atom. The monoisotopic (exact) mass is 418 g/mol. The van der Waals surface area contributed by atoms with Crippen LogP contribution in [0.25, 0.3) is 0 Å². The molecule has 0 saturated carbocycles. The quantitative estimate of drug-likeness (QED) is 0.711. The number of oxazole rings is 1. The third kappa shape index (κ3) is 4.13. The highest BCUT2D eigenvalue weighted by molar-refractivity contribution is 6.32. The summed E-state index contributed by atoms with van der Waals surface area (Å²) in [6.07, 6.45) is 3.00. The number of aromatic nitrogens is 2. The van der Waals surface area contributed by atoms with E-state index in [9.17, 15) is 9.59 Å². The van der Waals surface area contributed by atoms with E-state index in [1.54, 1.807) is 35.1 Å². The standard InChI is InChI=1S/C20H23ClN4O4/c1-13-16(20(27)25-9-11-28-12-10-25)23-18(29-13)14-4-7-24(8-5-14)19(26)15-3-2-6-22-17(15)21/h2-3,6,14H,4-5,7-12H2,1H3. The number of ether oxygens (including phenoxy) is 1. The molecule has 2 aliphatic rings. The highest BCUT2D eigenvalue weighted by atomic mass is 35.5. The summed E-state index contributed by atoms with van der Waals surface area (Å²) in [7, 11) is 0. The predicted octanol–water partition coefficient (Wildman–Crippen LogP) is 2.52. The average Bonchev–Trinajstić information content (AvgIpc) is 3.15. The number of halogens is 1. The van der Waals surface area contributed by atoms with Crippen molar-refractivity contribution in [1.29, 1.82) is 0 Å². The summed E-state index contributed by atoms with van der Waals surface area (Å²) < 4.78 is 11.1.